The van der Waals surface area contributed by atoms with E-state index in [-0.39, 0.29) is 11.4 Å². The highest BCUT2D eigenvalue weighted by Gasteiger charge is 2.30. The largest absolute Gasteiger partial charge is 0.487 e. The van der Waals surface area contributed by atoms with E-state index < -0.39 is 0 Å². The van der Waals surface area contributed by atoms with Crippen LogP contribution in [0.4, 0.5) is 0 Å². The van der Waals surface area contributed by atoms with Gasteiger partial charge in [-0.05, 0) is 62.6 Å². The van der Waals surface area contributed by atoms with E-state index in [1.165, 1.54) is 0 Å². The van der Waals surface area contributed by atoms with E-state index in [0.29, 0.717) is 0 Å². The van der Waals surface area contributed by atoms with Crippen molar-refractivity contribution in [3.05, 3.63) is 64.2 Å². The lowest BCUT2D eigenvalue weighted by Crippen LogP contribution is -2.24. The van der Waals surface area contributed by atoms with E-state index in [2.05, 4.69) is 13.8 Å². The highest BCUT2D eigenvalue weighted by atomic mass is 16.5. The number of carbonyl (C=O) groups is 1. The molecule has 2 heteroatoms. The van der Waals surface area contributed by atoms with Gasteiger partial charge in [-0.3, -0.25) is 4.79 Å². The highest BCUT2D eigenvalue weighted by molar-refractivity contribution is 6.10. The molecule has 1 heterocycles. The second-order valence-electron chi connectivity index (χ2n) is 6.44. The van der Waals surface area contributed by atoms with Crippen LogP contribution in [0.5, 0.6) is 5.75 Å². The van der Waals surface area contributed by atoms with Crippen molar-refractivity contribution in [3.8, 4) is 5.75 Å². The van der Waals surface area contributed by atoms with Gasteiger partial charge in [0.1, 0.15) is 11.4 Å². The number of rotatable bonds is 2. The molecule has 2 aromatic rings. The van der Waals surface area contributed by atoms with Crippen molar-refractivity contribution in [1.82, 2.24) is 0 Å². The Morgan fingerprint density at radius 3 is 2.67 bits per heavy atom. The fourth-order valence-corrected chi connectivity index (χ4v) is 2.90. The Labute approximate surface area is 125 Å². The number of fused-ring (bicyclic) bond motifs is 1. The zero-order valence-corrected chi connectivity index (χ0v) is 13.0. The second-order valence-corrected chi connectivity index (χ2v) is 6.44. The molecule has 0 saturated heterocycles. The van der Waals surface area contributed by atoms with Gasteiger partial charge in [-0.1, -0.05) is 18.2 Å². The van der Waals surface area contributed by atoms with Crippen molar-refractivity contribution >= 4 is 5.78 Å². The quantitative estimate of drug-likeness (QED) is 0.769. The summed E-state index contributed by atoms with van der Waals surface area (Å²) in [4.78, 5) is 12.7. The summed E-state index contributed by atoms with van der Waals surface area (Å²) in [7, 11) is 0. The third-order valence-corrected chi connectivity index (χ3v) is 4.17. The zero-order chi connectivity index (χ0) is 15.2. The number of carbonyl (C=O) groups excluding carboxylic acids is 1. The number of benzene rings is 2. The minimum Gasteiger partial charge on any atom is -0.487 e. The number of hydrogen-bond acceptors (Lipinski definition) is 2. The van der Waals surface area contributed by atoms with Crippen molar-refractivity contribution in [2.45, 2.75) is 39.7 Å². The fraction of sp³-hybridized carbons (Fsp3) is 0.316. The molecule has 1 aliphatic heterocycles. The van der Waals surface area contributed by atoms with Gasteiger partial charge in [0.15, 0.2) is 5.78 Å². The van der Waals surface area contributed by atoms with Crippen LogP contribution in [-0.4, -0.2) is 11.4 Å². The maximum atomic E-state index is 12.7. The van der Waals surface area contributed by atoms with Crippen LogP contribution < -0.4 is 4.74 Å². The molecular weight excluding hydrogens is 260 g/mol. The first-order valence-electron chi connectivity index (χ1n) is 7.30. The summed E-state index contributed by atoms with van der Waals surface area (Å²) < 4.78 is 5.87. The third kappa shape index (κ3) is 2.46. The summed E-state index contributed by atoms with van der Waals surface area (Å²) in [5, 5.41) is 0. The Balaban J connectivity index is 1.99. The molecule has 0 saturated carbocycles. The van der Waals surface area contributed by atoms with Gasteiger partial charge in [0.2, 0.25) is 0 Å². The average molecular weight is 280 g/mol. The van der Waals surface area contributed by atoms with E-state index in [1.54, 1.807) is 0 Å². The molecular formula is C19H20O2. The summed E-state index contributed by atoms with van der Waals surface area (Å²) in [6, 6.07) is 11.6. The molecule has 0 N–H and O–H groups in total. The molecule has 2 nitrogen and oxygen atoms in total. The Hall–Kier alpha value is -2.09. The van der Waals surface area contributed by atoms with Crippen molar-refractivity contribution in [3.63, 3.8) is 0 Å². The monoisotopic (exact) mass is 280 g/mol. The van der Waals surface area contributed by atoms with Crippen LogP contribution in [-0.2, 0) is 6.42 Å². The minimum atomic E-state index is -0.177. The maximum absolute atomic E-state index is 12.7. The van der Waals surface area contributed by atoms with E-state index in [0.717, 1.165) is 40.0 Å². The number of aryl methyl sites for hydroxylation is 1. The maximum Gasteiger partial charge on any atom is 0.193 e. The first-order valence-corrected chi connectivity index (χ1v) is 7.30. The van der Waals surface area contributed by atoms with Crippen LogP contribution >= 0.6 is 0 Å². The molecule has 0 aliphatic carbocycles. The van der Waals surface area contributed by atoms with Crippen LogP contribution in [0.2, 0.25) is 0 Å². The molecule has 1 aliphatic rings. The van der Waals surface area contributed by atoms with E-state index >= 15 is 0 Å². The van der Waals surface area contributed by atoms with Crippen LogP contribution in [0, 0.1) is 13.8 Å². The van der Waals surface area contributed by atoms with Gasteiger partial charge in [-0.2, -0.15) is 0 Å². The van der Waals surface area contributed by atoms with Gasteiger partial charge >= 0.3 is 0 Å². The summed E-state index contributed by atoms with van der Waals surface area (Å²) >= 11 is 0. The number of ether oxygens (including phenoxy) is 1. The van der Waals surface area contributed by atoms with Gasteiger partial charge < -0.3 is 4.74 Å². The van der Waals surface area contributed by atoms with Crippen LogP contribution in [0.3, 0.4) is 0 Å². The van der Waals surface area contributed by atoms with E-state index in [1.807, 2.05) is 50.2 Å². The zero-order valence-electron chi connectivity index (χ0n) is 13.0. The van der Waals surface area contributed by atoms with Gasteiger partial charge in [0, 0.05) is 17.5 Å². The number of hydrogen-bond donors (Lipinski definition) is 0. The predicted octanol–water partition coefficient (Wildman–Crippen LogP) is 4.25. The number of ketones is 1. The standard InChI is InChI=1S/C19H20O2/c1-12-6-5-7-16(13(12)2)18(20)14-8-9-17-15(10-14)11-19(3,4)21-17/h5-10H,11H2,1-4H3. The van der Waals surface area contributed by atoms with E-state index in [9.17, 15) is 4.79 Å². The topological polar surface area (TPSA) is 26.3 Å². The summed E-state index contributed by atoms with van der Waals surface area (Å²) in [6.07, 6.45) is 0.844. The molecule has 2 aromatic carbocycles. The predicted molar refractivity (Wildman–Crippen MR) is 84.2 cm³/mol. The van der Waals surface area contributed by atoms with Crippen molar-refractivity contribution in [2.24, 2.45) is 0 Å². The smallest absolute Gasteiger partial charge is 0.193 e. The first-order chi connectivity index (χ1) is 9.87. The van der Waals surface area contributed by atoms with Gasteiger partial charge in [-0.25, -0.2) is 0 Å². The Morgan fingerprint density at radius 2 is 1.90 bits per heavy atom. The third-order valence-electron chi connectivity index (χ3n) is 4.17. The van der Waals surface area contributed by atoms with Gasteiger partial charge in [0.05, 0.1) is 0 Å². The lowest BCUT2D eigenvalue weighted by atomic mass is 9.94. The molecule has 0 amide bonds. The minimum absolute atomic E-state index is 0.0868. The Kier molecular flexibility index (Phi) is 3.12. The van der Waals surface area contributed by atoms with Gasteiger partial charge in [0.25, 0.3) is 0 Å². The molecule has 108 valence electrons. The van der Waals surface area contributed by atoms with E-state index in [4.69, 9.17) is 4.74 Å². The summed E-state index contributed by atoms with van der Waals surface area (Å²) in [5.41, 5.74) is 4.67. The second kappa shape index (κ2) is 4.73. The Bertz CT molecular complexity index is 726. The summed E-state index contributed by atoms with van der Waals surface area (Å²) in [5.74, 6) is 0.987. The lowest BCUT2D eigenvalue weighted by Gasteiger charge is -2.16. The van der Waals surface area contributed by atoms with Crippen molar-refractivity contribution in [2.75, 3.05) is 0 Å². The normalized spacial score (nSPS) is 15.4. The van der Waals surface area contributed by atoms with Crippen molar-refractivity contribution in [1.29, 1.82) is 0 Å². The first kappa shape index (κ1) is 13.9. The highest BCUT2D eigenvalue weighted by Crippen LogP contribution is 2.35. The SMILES string of the molecule is Cc1cccc(C(=O)c2ccc3c(c2)CC(C)(C)O3)c1C. The van der Waals surface area contributed by atoms with Crippen LogP contribution in [0.1, 0.15) is 46.5 Å². The average Bonchev–Trinajstić information content (AvgIpc) is 2.73. The molecule has 0 spiro atoms. The molecule has 0 aromatic heterocycles. The molecule has 0 radical (unpaired) electrons. The molecule has 0 bridgehead atoms. The fourth-order valence-electron chi connectivity index (χ4n) is 2.90. The van der Waals surface area contributed by atoms with Crippen LogP contribution in [0.25, 0.3) is 0 Å². The van der Waals surface area contributed by atoms with Crippen LogP contribution in [0.15, 0.2) is 36.4 Å². The molecule has 0 atom stereocenters. The molecule has 21 heavy (non-hydrogen) atoms. The Morgan fingerprint density at radius 1 is 1.14 bits per heavy atom. The summed E-state index contributed by atoms with van der Waals surface area (Å²) in [6.45, 7) is 8.17. The van der Waals surface area contributed by atoms with Crippen molar-refractivity contribution < 1.29 is 9.53 Å². The molecule has 3 rings (SSSR count). The molecule has 0 unspecified atom stereocenters. The lowest BCUT2D eigenvalue weighted by molar-refractivity contribution is 0.103. The van der Waals surface area contributed by atoms with Gasteiger partial charge in [-0.15, -0.1) is 0 Å². The molecule has 0 fully saturated rings.